The molecular formula is C16H16N6OS. The molecular weight excluding hydrogens is 324 g/mol. The largest absolute Gasteiger partial charge is 0.496 e. The molecule has 0 atom stereocenters. The first kappa shape index (κ1) is 14.9. The van der Waals surface area contributed by atoms with Gasteiger partial charge in [0.1, 0.15) is 10.8 Å². The predicted molar refractivity (Wildman–Crippen MR) is 94.0 cm³/mol. The third kappa shape index (κ3) is 2.22. The number of rotatable bonds is 3. The molecule has 0 aromatic carbocycles. The molecule has 2 N–H and O–H groups in total. The van der Waals surface area contributed by atoms with Gasteiger partial charge in [0.2, 0.25) is 5.95 Å². The maximum absolute atomic E-state index is 5.85. The van der Waals surface area contributed by atoms with Gasteiger partial charge >= 0.3 is 0 Å². The van der Waals surface area contributed by atoms with Crippen molar-refractivity contribution < 1.29 is 4.74 Å². The van der Waals surface area contributed by atoms with Gasteiger partial charge in [-0.05, 0) is 25.3 Å². The molecule has 1 aliphatic rings. The van der Waals surface area contributed by atoms with Gasteiger partial charge in [0.25, 0.3) is 0 Å². The Morgan fingerprint density at radius 1 is 1.29 bits per heavy atom. The van der Waals surface area contributed by atoms with E-state index < -0.39 is 0 Å². The lowest BCUT2D eigenvalue weighted by atomic mass is 10.1. The van der Waals surface area contributed by atoms with Crippen LogP contribution in [-0.4, -0.2) is 31.8 Å². The minimum atomic E-state index is 0.249. The van der Waals surface area contributed by atoms with Gasteiger partial charge in [-0.25, -0.2) is 9.67 Å². The molecule has 0 amide bonds. The van der Waals surface area contributed by atoms with Gasteiger partial charge in [-0.15, -0.1) is 0 Å². The number of pyridine rings is 1. The van der Waals surface area contributed by atoms with Gasteiger partial charge < -0.3 is 10.5 Å². The van der Waals surface area contributed by atoms with Gasteiger partial charge in [0.15, 0.2) is 5.65 Å². The summed E-state index contributed by atoms with van der Waals surface area (Å²) in [7, 11) is 1.67. The highest BCUT2D eigenvalue weighted by molar-refractivity contribution is 8.02. The number of nitrogens with zero attached hydrogens (tertiary/aromatic N) is 5. The number of ether oxygens (including phenoxy) is 1. The van der Waals surface area contributed by atoms with Crippen LogP contribution in [0.3, 0.4) is 0 Å². The Morgan fingerprint density at radius 2 is 2.12 bits per heavy atom. The van der Waals surface area contributed by atoms with Crippen LogP contribution in [0.4, 0.5) is 5.95 Å². The molecule has 0 aliphatic carbocycles. The first-order chi connectivity index (χ1) is 11.6. The molecule has 0 saturated heterocycles. The standard InChI is InChI=1S/C16H16N6OS/c1-8-6-18-11(9(2)13(8)23-3)7-22-14-12-10(21-22)4-5-24-15(12)20-16(17)19-14/h4-6H,7H2,1-3H3,(H2,17,19,20). The summed E-state index contributed by atoms with van der Waals surface area (Å²) < 4.78 is 7.31. The number of nitrogen functional groups attached to an aromatic ring is 1. The number of methoxy groups -OCH3 is 1. The number of nitrogens with two attached hydrogens (primary N) is 1. The van der Waals surface area contributed by atoms with E-state index in [4.69, 9.17) is 10.5 Å². The smallest absolute Gasteiger partial charge is 0.223 e. The summed E-state index contributed by atoms with van der Waals surface area (Å²) in [6, 6.07) is 0. The van der Waals surface area contributed by atoms with Crippen LogP contribution in [0, 0.1) is 13.8 Å². The summed E-state index contributed by atoms with van der Waals surface area (Å²) >= 11 is 1.53. The molecule has 3 aromatic rings. The summed E-state index contributed by atoms with van der Waals surface area (Å²) in [5.41, 5.74) is 10.3. The van der Waals surface area contributed by atoms with Crippen molar-refractivity contribution in [3.8, 4) is 5.75 Å². The van der Waals surface area contributed by atoms with Crippen molar-refractivity contribution >= 4 is 34.8 Å². The Hall–Kier alpha value is -2.61. The lowest BCUT2D eigenvalue weighted by Crippen LogP contribution is -2.09. The molecule has 4 heterocycles. The second-order valence-electron chi connectivity index (χ2n) is 5.60. The minimum absolute atomic E-state index is 0.249. The van der Waals surface area contributed by atoms with Crippen LogP contribution < -0.4 is 10.5 Å². The topological polar surface area (TPSA) is 91.7 Å². The number of anilines is 1. The molecule has 122 valence electrons. The van der Waals surface area contributed by atoms with Crippen molar-refractivity contribution in [2.75, 3.05) is 12.8 Å². The quantitative estimate of drug-likeness (QED) is 0.733. The molecule has 0 bridgehead atoms. The fourth-order valence-corrected chi connectivity index (χ4v) is 3.72. The third-order valence-electron chi connectivity index (χ3n) is 4.06. The number of hydrogen-bond acceptors (Lipinski definition) is 7. The van der Waals surface area contributed by atoms with E-state index in [-0.39, 0.29) is 5.95 Å². The average molecular weight is 340 g/mol. The molecule has 0 fully saturated rings. The Bertz CT molecular complexity index is 994. The van der Waals surface area contributed by atoms with Crippen LogP contribution >= 0.6 is 11.8 Å². The molecule has 4 rings (SSSR count). The van der Waals surface area contributed by atoms with E-state index in [2.05, 4.69) is 20.1 Å². The van der Waals surface area contributed by atoms with Crippen LogP contribution in [0.2, 0.25) is 0 Å². The lowest BCUT2D eigenvalue weighted by Gasteiger charge is -2.12. The SMILES string of the molecule is COc1c(C)cnc(Cn2nc3c4c(nc(N)nc42)SC=C3)c1C. The van der Waals surface area contributed by atoms with Crippen molar-refractivity contribution in [3.63, 3.8) is 0 Å². The average Bonchev–Trinajstić information content (AvgIpc) is 2.90. The highest BCUT2D eigenvalue weighted by Gasteiger charge is 2.20. The normalized spacial score (nSPS) is 12.8. The maximum Gasteiger partial charge on any atom is 0.223 e. The molecule has 0 radical (unpaired) electrons. The van der Waals surface area contributed by atoms with Crippen LogP contribution in [-0.2, 0) is 6.54 Å². The van der Waals surface area contributed by atoms with Crippen LogP contribution in [0.25, 0.3) is 17.1 Å². The first-order valence-corrected chi connectivity index (χ1v) is 8.32. The summed E-state index contributed by atoms with van der Waals surface area (Å²) in [5.74, 6) is 1.10. The fraction of sp³-hybridized carbons (Fsp3) is 0.250. The summed E-state index contributed by atoms with van der Waals surface area (Å²) in [6.07, 6.45) is 3.78. The van der Waals surface area contributed by atoms with E-state index in [1.54, 1.807) is 7.11 Å². The van der Waals surface area contributed by atoms with Crippen molar-refractivity contribution in [1.29, 1.82) is 0 Å². The zero-order chi connectivity index (χ0) is 16.8. The zero-order valence-corrected chi connectivity index (χ0v) is 14.4. The highest BCUT2D eigenvalue weighted by atomic mass is 32.2. The van der Waals surface area contributed by atoms with Gasteiger partial charge in [-0.3, -0.25) is 4.98 Å². The van der Waals surface area contributed by atoms with Gasteiger partial charge in [0.05, 0.1) is 30.4 Å². The monoisotopic (exact) mass is 340 g/mol. The second kappa shape index (κ2) is 5.48. The molecule has 7 nitrogen and oxygen atoms in total. The Morgan fingerprint density at radius 3 is 2.92 bits per heavy atom. The van der Waals surface area contributed by atoms with E-state index >= 15 is 0 Å². The number of thioether (sulfide) groups is 1. The molecule has 0 spiro atoms. The van der Waals surface area contributed by atoms with Crippen molar-refractivity contribution in [3.05, 3.63) is 34.1 Å². The Labute approximate surface area is 143 Å². The molecule has 24 heavy (non-hydrogen) atoms. The lowest BCUT2D eigenvalue weighted by molar-refractivity contribution is 0.406. The van der Waals surface area contributed by atoms with Crippen molar-refractivity contribution in [2.45, 2.75) is 25.4 Å². The number of hydrogen-bond donors (Lipinski definition) is 1. The fourth-order valence-electron chi connectivity index (χ4n) is 2.93. The van der Waals surface area contributed by atoms with E-state index in [9.17, 15) is 0 Å². The van der Waals surface area contributed by atoms with Gasteiger partial charge in [-0.2, -0.15) is 10.1 Å². The second-order valence-corrected chi connectivity index (χ2v) is 6.49. The van der Waals surface area contributed by atoms with Crippen LogP contribution in [0.5, 0.6) is 5.75 Å². The highest BCUT2D eigenvalue weighted by Crippen LogP contribution is 2.35. The number of aromatic nitrogens is 5. The number of aryl methyl sites for hydroxylation is 1. The van der Waals surface area contributed by atoms with E-state index in [1.807, 2.05) is 36.2 Å². The minimum Gasteiger partial charge on any atom is -0.496 e. The first-order valence-electron chi connectivity index (χ1n) is 7.44. The van der Waals surface area contributed by atoms with Gasteiger partial charge in [-0.1, -0.05) is 11.8 Å². The third-order valence-corrected chi connectivity index (χ3v) is 4.85. The molecule has 0 saturated carbocycles. The molecule has 8 heteroatoms. The summed E-state index contributed by atoms with van der Waals surface area (Å²) in [5, 5.41) is 8.39. The molecule has 1 aliphatic heterocycles. The van der Waals surface area contributed by atoms with E-state index in [0.29, 0.717) is 6.54 Å². The van der Waals surface area contributed by atoms with Crippen molar-refractivity contribution in [2.24, 2.45) is 0 Å². The Balaban J connectivity index is 1.86. The van der Waals surface area contributed by atoms with Crippen LogP contribution in [0.15, 0.2) is 16.6 Å². The van der Waals surface area contributed by atoms with E-state index in [1.165, 1.54) is 11.8 Å². The maximum atomic E-state index is 5.85. The van der Waals surface area contributed by atoms with Crippen LogP contribution in [0.1, 0.15) is 22.5 Å². The summed E-state index contributed by atoms with van der Waals surface area (Å²) in [6.45, 7) is 4.48. The van der Waals surface area contributed by atoms with E-state index in [0.717, 1.165) is 44.3 Å². The van der Waals surface area contributed by atoms with Gasteiger partial charge in [0, 0.05) is 17.3 Å². The molecule has 3 aromatic heterocycles. The predicted octanol–water partition coefficient (Wildman–Crippen LogP) is 2.55. The van der Waals surface area contributed by atoms with Crippen molar-refractivity contribution in [1.82, 2.24) is 24.7 Å². The zero-order valence-electron chi connectivity index (χ0n) is 13.6. The Kier molecular flexibility index (Phi) is 3.42. The summed E-state index contributed by atoms with van der Waals surface area (Å²) in [4.78, 5) is 13.2. The molecule has 0 unspecified atom stereocenters.